The van der Waals surface area contributed by atoms with E-state index in [0.717, 1.165) is 11.9 Å². The first-order valence-corrected chi connectivity index (χ1v) is 13.6. The van der Waals surface area contributed by atoms with Gasteiger partial charge in [0.2, 0.25) is 0 Å². The van der Waals surface area contributed by atoms with Crippen LogP contribution in [0.15, 0.2) is 18.0 Å². The van der Waals surface area contributed by atoms with Gasteiger partial charge in [-0.05, 0) is 38.7 Å². The quantitative estimate of drug-likeness (QED) is 0.133. The summed E-state index contributed by atoms with van der Waals surface area (Å²) in [6.45, 7) is 6.82. The number of nitrogens with one attached hydrogen (secondary N) is 1. The third kappa shape index (κ3) is 6.47. The number of halogens is 5. The maximum atomic E-state index is 16.3. The summed E-state index contributed by atoms with van der Waals surface area (Å²) < 4.78 is 79.0. The van der Waals surface area contributed by atoms with Crippen molar-refractivity contribution in [2.24, 2.45) is 17.5 Å². The fourth-order valence-corrected chi connectivity index (χ4v) is 5.28. The molecule has 0 radical (unpaired) electrons. The van der Waals surface area contributed by atoms with E-state index in [1.165, 1.54) is 19.2 Å². The Morgan fingerprint density at radius 2 is 2.00 bits per heavy atom. The van der Waals surface area contributed by atoms with Crippen LogP contribution in [0.3, 0.4) is 0 Å². The second-order valence-corrected chi connectivity index (χ2v) is 10.9. The van der Waals surface area contributed by atoms with Crippen LogP contribution in [0.25, 0.3) is 11.3 Å². The number of benzene rings is 1. The second kappa shape index (κ2) is 12.3. The normalized spacial score (nSPS) is 19.0. The average molecular weight is 608 g/mol. The van der Waals surface area contributed by atoms with Crippen molar-refractivity contribution < 1.29 is 31.5 Å². The number of alkyl halides is 3. The summed E-state index contributed by atoms with van der Waals surface area (Å²) >= 11 is 0. The number of anilines is 1. The number of nitrogen functional groups attached to an aromatic ring is 1. The highest BCUT2D eigenvalue weighted by molar-refractivity contribution is 5.77. The Balaban J connectivity index is 1.66. The van der Waals surface area contributed by atoms with Crippen LogP contribution < -0.4 is 27.4 Å². The van der Waals surface area contributed by atoms with Gasteiger partial charge in [0.15, 0.2) is 23.2 Å². The number of ether oxygens (including phenoxy) is 1. The third-order valence-electron chi connectivity index (χ3n) is 7.62. The average Bonchev–Trinajstić information content (AvgIpc) is 3.10. The fraction of sp³-hybridized carbons (Fsp3) is 0.448. The lowest BCUT2D eigenvalue weighted by molar-refractivity contribution is -0.137. The van der Waals surface area contributed by atoms with Crippen molar-refractivity contribution in [3.8, 4) is 28.8 Å². The molecule has 0 spiro atoms. The van der Waals surface area contributed by atoms with Gasteiger partial charge in [0.1, 0.15) is 6.61 Å². The molecule has 3 heterocycles. The van der Waals surface area contributed by atoms with Gasteiger partial charge in [-0.15, -0.1) is 5.92 Å². The first-order valence-electron chi connectivity index (χ1n) is 13.6. The molecule has 1 aromatic heterocycles. The molecule has 232 valence electrons. The molecule has 14 heteroatoms. The minimum Gasteiger partial charge on any atom is -0.489 e. The van der Waals surface area contributed by atoms with E-state index >= 15 is 4.39 Å². The third-order valence-corrected chi connectivity index (χ3v) is 7.62. The number of pyridine rings is 1. The van der Waals surface area contributed by atoms with Crippen molar-refractivity contribution in [3.63, 3.8) is 0 Å². The Labute approximate surface area is 246 Å². The molecule has 1 aromatic carbocycles. The molecule has 2 aliphatic heterocycles. The number of piperidine rings is 1. The van der Waals surface area contributed by atoms with Crippen LogP contribution in [0.1, 0.15) is 55.9 Å². The summed E-state index contributed by atoms with van der Waals surface area (Å²) in [4.78, 5) is 18.3. The number of nitrogens with two attached hydrogens (primary N) is 3. The first-order chi connectivity index (χ1) is 20.1. The van der Waals surface area contributed by atoms with Crippen molar-refractivity contribution in [1.82, 2.24) is 20.2 Å². The standard InChI is InChI=1S/C29H34F5N7O2/c1-5-6-16-9-17-11-40-8-7-18(38-28(42)41(37)12-20(35)14(2)3)10-19(40)13-43-26(17)24(31)21(16)25-22(29(32,33)34)15(4)23(30)27(36)39-25/h9,12,14,18-19H,7-8,10-11,13,35,37H2,1-4H3,(H2,36,39)(H,38,42)/b20-12-. The van der Waals surface area contributed by atoms with Gasteiger partial charge < -0.3 is 21.5 Å². The lowest BCUT2D eigenvalue weighted by Gasteiger charge is -2.38. The number of urea groups is 1. The highest BCUT2D eigenvalue weighted by Crippen LogP contribution is 2.45. The number of carbonyl (C=O) groups is 1. The molecule has 2 aromatic rings. The van der Waals surface area contributed by atoms with Gasteiger partial charge in [0.05, 0.1) is 16.8 Å². The first kappa shape index (κ1) is 31.8. The Kier molecular flexibility index (Phi) is 9.08. The van der Waals surface area contributed by atoms with Gasteiger partial charge in [-0.3, -0.25) is 4.90 Å². The number of rotatable bonds is 4. The molecule has 2 amide bonds. The van der Waals surface area contributed by atoms with Crippen molar-refractivity contribution in [1.29, 1.82) is 0 Å². The summed E-state index contributed by atoms with van der Waals surface area (Å²) in [6.07, 6.45) is -2.70. The van der Waals surface area contributed by atoms with Crippen LogP contribution in [-0.2, 0) is 12.7 Å². The zero-order valence-electron chi connectivity index (χ0n) is 24.2. The number of fused-ring (bicyclic) bond motifs is 2. The lowest BCUT2D eigenvalue weighted by Crippen LogP contribution is -2.53. The van der Waals surface area contributed by atoms with Crippen molar-refractivity contribution in [2.75, 3.05) is 18.9 Å². The van der Waals surface area contributed by atoms with Gasteiger partial charge in [-0.2, -0.15) is 13.2 Å². The molecule has 2 atom stereocenters. The van der Waals surface area contributed by atoms with Crippen molar-refractivity contribution >= 4 is 11.8 Å². The monoisotopic (exact) mass is 607 g/mol. The highest BCUT2D eigenvalue weighted by atomic mass is 19.4. The summed E-state index contributed by atoms with van der Waals surface area (Å²) in [5.74, 6) is 7.63. The molecule has 1 fully saturated rings. The predicted octanol–water partition coefficient (Wildman–Crippen LogP) is 4.37. The number of hydrazine groups is 1. The molecule has 0 bridgehead atoms. The van der Waals surface area contributed by atoms with Gasteiger partial charge in [-0.1, -0.05) is 19.8 Å². The van der Waals surface area contributed by atoms with E-state index in [-0.39, 0.29) is 42.5 Å². The van der Waals surface area contributed by atoms with E-state index in [2.05, 4.69) is 22.1 Å². The van der Waals surface area contributed by atoms with Crippen LogP contribution >= 0.6 is 0 Å². The number of nitrogens with zero attached hydrogens (tertiary/aromatic N) is 3. The molecule has 9 nitrogen and oxygen atoms in total. The Bertz CT molecular complexity index is 1510. The number of hydrogen-bond donors (Lipinski definition) is 4. The largest absolute Gasteiger partial charge is 0.489 e. The van der Waals surface area contributed by atoms with E-state index < -0.39 is 52.0 Å². The zero-order chi connectivity index (χ0) is 31.8. The van der Waals surface area contributed by atoms with Crippen LogP contribution in [0.2, 0.25) is 0 Å². The van der Waals surface area contributed by atoms with Crippen LogP contribution in [0, 0.1) is 36.3 Å². The number of hydrogen-bond acceptors (Lipinski definition) is 7. The Morgan fingerprint density at radius 3 is 2.63 bits per heavy atom. The van der Waals surface area contributed by atoms with Gasteiger partial charge in [-0.25, -0.2) is 29.4 Å². The Hall–Kier alpha value is -4.09. The molecule has 1 saturated heterocycles. The van der Waals surface area contributed by atoms with Crippen LogP contribution in [0.5, 0.6) is 5.75 Å². The number of carbonyl (C=O) groups excluding carboxylic acids is 1. The summed E-state index contributed by atoms with van der Waals surface area (Å²) in [7, 11) is 0. The molecule has 43 heavy (non-hydrogen) atoms. The fourth-order valence-electron chi connectivity index (χ4n) is 5.28. The van der Waals surface area contributed by atoms with Crippen LogP contribution in [-0.4, -0.2) is 46.2 Å². The molecule has 0 aliphatic carbocycles. The molecular weight excluding hydrogens is 573 g/mol. The van der Waals surface area contributed by atoms with E-state index in [0.29, 0.717) is 30.6 Å². The number of allylic oxidation sites excluding steroid dienone is 1. The molecular formula is C29H34F5N7O2. The molecule has 2 aliphatic rings. The summed E-state index contributed by atoms with van der Waals surface area (Å²) in [6, 6.07) is 0.392. The minimum atomic E-state index is -5.06. The number of aromatic nitrogens is 1. The second-order valence-electron chi connectivity index (χ2n) is 10.9. The van der Waals surface area contributed by atoms with E-state index in [9.17, 15) is 22.4 Å². The van der Waals surface area contributed by atoms with Gasteiger partial charge >= 0.3 is 12.2 Å². The minimum absolute atomic E-state index is 0.00290. The van der Waals surface area contributed by atoms with Crippen LogP contribution in [0.4, 0.5) is 32.6 Å². The van der Waals surface area contributed by atoms with Gasteiger partial charge in [0, 0.05) is 53.8 Å². The smallest absolute Gasteiger partial charge is 0.418 e. The molecule has 2 unspecified atom stereocenters. The van der Waals surface area contributed by atoms with E-state index in [1.54, 1.807) is 0 Å². The summed E-state index contributed by atoms with van der Waals surface area (Å²) in [5, 5.41) is 3.76. The van der Waals surface area contributed by atoms with Crippen molar-refractivity contribution in [3.05, 3.63) is 51.9 Å². The van der Waals surface area contributed by atoms with E-state index in [1.807, 2.05) is 18.7 Å². The van der Waals surface area contributed by atoms with Gasteiger partial charge in [0.25, 0.3) is 0 Å². The van der Waals surface area contributed by atoms with E-state index in [4.69, 9.17) is 22.0 Å². The maximum Gasteiger partial charge on any atom is 0.418 e. The van der Waals surface area contributed by atoms with Crippen molar-refractivity contribution in [2.45, 2.75) is 65.3 Å². The molecule has 0 saturated carbocycles. The SMILES string of the molecule is CC#Cc1cc2c(c(F)c1-c1nc(N)c(F)c(C)c1C(F)(F)F)OCC1CC(NC(=O)N(N)/C=C(\N)C(C)C)CCN1C2. The molecule has 4 rings (SSSR count). The summed E-state index contributed by atoms with van der Waals surface area (Å²) in [5.41, 5.74) is 8.55. The zero-order valence-corrected chi connectivity index (χ0v) is 24.2. The lowest BCUT2D eigenvalue weighted by atomic mass is 9.93. The highest BCUT2D eigenvalue weighted by Gasteiger charge is 2.41. The Morgan fingerprint density at radius 1 is 1.30 bits per heavy atom. The molecule has 7 N–H and O–H groups in total. The maximum absolute atomic E-state index is 16.3. The number of amides is 2. The predicted molar refractivity (Wildman–Crippen MR) is 151 cm³/mol. The topological polar surface area (TPSA) is 136 Å².